The fraction of sp³-hybridized carbons (Fsp3) is 0.643. The third-order valence-corrected chi connectivity index (χ3v) is 3.15. The van der Waals surface area contributed by atoms with Crippen molar-refractivity contribution in [1.29, 1.82) is 0 Å². The van der Waals surface area contributed by atoms with Crippen LogP contribution < -0.4 is 5.32 Å². The molecule has 1 atom stereocenters. The molecule has 19 heavy (non-hydrogen) atoms. The van der Waals surface area contributed by atoms with Crippen molar-refractivity contribution in [2.75, 3.05) is 5.32 Å². The van der Waals surface area contributed by atoms with E-state index in [0.717, 1.165) is 17.8 Å². The predicted octanol–water partition coefficient (Wildman–Crippen LogP) is 4.07. The van der Waals surface area contributed by atoms with E-state index in [4.69, 9.17) is 0 Å². The highest BCUT2D eigenvalue weighted by atomic mass is 16.6. The van der Waals surface area contributed by atoms with Crippen LogP contribution in [0.2, 0.25) is 0 Å². The van der Waals surface area contributed by atoms with Crippen molar-refractivity contribution in [3.8, 4) is 0 Å². The molecule has 0 radical (unpaired) electrons. The zero-order valence-corrected chi connectivity index (χ0v) is 12.0. The lowest BCUT2D eigenvalue weighted by molar-refractivity contribution is -0.385. The number of rotatable bonds is 8. The van der Waals surface area contributed by atoms with E-state index in [-0.39, 0.29) is 5.69 Å². The highest BCUT2D eigenvalue weighted by Gasteiger charge is 2.11. The summed E-state index contributed by atoms with van der Waals surface area (Å²) < 4.78 is 0. The lowest BCUT2D eigenvalue weighted by atomic mass is 10.1. The van der Waals surface area contributed by atoms with Gasteiger partial charge in [-0.05, 0) is 25.8 Å². The van der Waals surface area contributed by atoms with Crippen LogP contribution in [0.1, 0.15) is 51.5 Å². The molecule has 1 aromatic rings. The number of nitrogens with one attached hydrogen (secondary N) is 1. The molecule has 0 spiro atoms. The molecule has 1 heterocycles. The van der Waals surface area contributed by atoms with Gasteiger partial charge < -0.3 is 5.32 Å². The summed E-state index contributed by atoms with van der Waals surface area (Å²) in [4.78, 5) is 14.3. The van der Waals surface area contributed by atoms with Gasteiger partial charge in [0.2, 0.25) is 0 Å². The van der Waals surface area contributed by atoms with Gasteiger partial charge in [0.1, 0.15) is 12.0 Å². The quantitative estimate of drug-likeness (QED) is 0.437. The second-order valence-corrected chi connectivity index (χ2v) is 5.01. The Morgan fingerprint density at radius 3 is 2.74 bits per heavy atom. The number of nitrogens with zero attached hydrogens (tertiary/aromatic N) is 2. The first kappa shape index (κ1) is 15.4. The lowest BCUT2D eigenvalue weighted by Gasteiger charge is -2.15. The van der Waals surface area contributed by atoms with Gasteiger partial charge in [-0.1, -0.05) is 32.6 Å². The summed E-state index contributed by atoms with van der Waals surface area (Å²) in [5.74, 6) is 0.744. The summed E-state index contributed by atoms with van der Waals surface area (Å²) in [6.45, 7) is 6.16. The van der Waals surface area contributed by atoms with Crippen LogP contribution in [0.3, 0.4) is 0 Å². The van der Waals surface area contributed by atoms with E-state index < -0.39 is 4.92 Å². The van der Waals surface area contributed by atoms with Crippen LogP contribution in [0.4, 0.5) is 11.5 Å². The smallest absolute Gasteiger partial charge is 0.287 e. The van der Waals surface area contributed by atoms with Gasteiger partial charge in [-0.25, -0.2) is 4.98 Å². The molecule has 5 nitrogen and oxygen atoms in total. The Morgan fingerprint density at radius 1 is 1.42 bits per heavy atom. The molecule has 0 bridgehead atoms. The molecule has 0 aromatic carbocycles. The molecule has 0 saturated carbocycles. The Kier molecular flexibility index (Phi) is 6.25. The number of pyridine rings is 1. The van der Waals surface area contributed by atoms with Crippen LogP contribution in [-0.2, 0) is 0 Å². The fourth-order valence-corrected chi connectivity index (χ4v) is 1.99. The number of unbranched alkanes of at least 4 members (excludes halogenated alkanes) is 3. The van der Waals surface area contributed by atoms with Crippen molar-refractivity contribution in [3.05, 3.63) is 27.9 Å². The third-order valence-electron chi connectivity index (χ3n) is 3.15. The zero-order chi connectivity index (χ0) is 14.3. The van der Waals surface area contributed by atoms with Crippen molar-refractivity contribution in [1.82, 2.24) is 4.98 Å². The van der Waals surface area contributed by atoms with Crippen molar-refractivity contribution in [3.63, 3.8) is 0 Å². The lowest BCUT2D eigenvalue weighted by Crippen LogP contribution is -2.16. The van der Waals surface area contributed by atoms with E-state index in [1.54, 1.807) is 6.07 Å². The summed E-state index contributed by atoms with van der Waals surface area (Å²) in [7, 11) is 0. The molecule has 1 N–H and O–H groups in total. The number of nitro groups is 1. The highest BCUT2D eigenvalue weighted by Crippen LogP contribution is 2.19. The monoisotopic (exact) mass is 265 g/mol. The summed E-state index contributed by atoms with van der Waals surface area (Å²) in [5.41, 5.74) is 0.855. The fourth-order valence-electron chi connectivity index (χ4n) is 1.99. The average Bonchev–Trinajstić information content (AvgIpc) is 2.37. The first-order chi connectivity index (χ1) is 9.04. The standard InChI is InChI=1S/C14H23N3O2/c1-4-5-6-7-8-12(3)16-14-11(2)9-13(10-15-14)17(18)19/h9-10,12H,4-8H2,1-3H3,(H,15,16). The number of aryl methyl sites for hydroxylation is 1. The van der Waals surface area contributed by atoms with Crippen LogP contribution in [-0.4, -0.2) is 15.9 Å². The minimum absolute atomic E-state index is 0.0404. The van der Waals surface area contributed by atoms with E-state index in [9.17, 15) is 10.1 Å². The van der Waals surface area contributed by atoms with Crippen molar-refractivity contribution in [2.45, 2.75) is 58.9 Å². The number of anilines is 1. The molecular formula is C14H23N3O2. The predicted molar refractivity (Wildman–Crippen MR) is 77.5 cm³/mol. The molecule has 1 unspecified atom stereocenters. The van der Waals surface area contributed by atoms with Gasteiger partial charge in [0.05, 0.1) is 4.92 Å². The SMILES string of the molecule is CCCCCCC(C)Nc1ncc([N+](=O)[O-])cc1C. The highest BCUT2D eigenvalue weighted by molar-refractivity contribution is 5.48. The van der Waals surface area contributed by atoms with Gasteiger partial charge >= 0.3 is 0 Å². The first-order valence-electron chi connectivity index (χ1n) is 6.92. The molecule has 0 amide bonds. The molecule has 0 aliphatic carbocycles. The molecule has 0 aliphatic heterocycles. The second kappa shape index (κ2) is 7.71. The summed E-state index contributed by atoms with van der Waals surface area (Å²) >= 11 is 0. The summed E-state index contributed by atoms with van der Waals surface area (Å²) in [5, 5.41) is 14.0. The minimum Gasteiger partial charge on any atom is -0.367 e. The van der Waals surface area contributed by atoms with Crippen LogP contribution in [0.15, 0.2) is 12.3 Å². The van der Waals surface area contributed by atoms with Gasteiger partial charge in [0.25, 0.3) is 5.69 Å². The van der Waals surface area contributed by atoms with E-state index >= 15 is 0 Å². The van der Waals surface area contributed by atoms with Crippen LogP contribution in [0.25, 0.3) is 0 Å². The van der Waals surface area contributed by atoms with Crippen molar-refractivity contribution in [2.24, 2.45) is 0 Å². The Labute approximate surface area is 114 Å². The number of aromatic nitrogens is 1. The van der Waals surface area contributed by atoms with Crippen molar-refractivity contribution < 1.29 is 4.92 Å². The third kappa shape index (κ3) is 5.24. The Hall–Kier alpha value is -1.65. The second-order valence-electron chi connectivity index (χ2n) is 5.01. The Morgan fingerprint density at radius 2 is 2.16 bits per heavy atom. The van der Waals surface area contributed by atoms with Gasteiger partial charge in [0.15, 0.2) is 0 Å². The maximum absolute atomic E-state index is 10.6. The average molecular weight is 265 g/mol. The topological polar surface area (TPSA) is 68.1 Å². The number of hydrogen-bond donors (Lipinski definition) is 1. The normalized spacial score (nSPS) is 12.2. The molecule has 0 aliphatic rings. The molecule has 0 saturated heterocycles. The van der Waals surface area contributed by atoms with Gasteiger partial charge in [0, 0.05) is 12.1 Å². The summed E-state index contributed by atoms with van der Waals surface area (Å²) in [6, 6.07) is 1.89. The summed E-state index contributed by atoms with van der Waals surface area (Å²) in [6.07, 6.45) is 7.38. The van der Waals surface area contributed by atoms with Crippen LogP contribution >= 0.6 is 0 Å². The van der Waals surface area contributed by atoms with Gasteiger partial charge in [-0.2, -0.15) is 0 Å². The molecule has 1 aromatic heterocycles. The molecule has 5 heteroatoms. The Balaban J connectivity index is 2.50. The van der Waals surface area contributed by atoms with E-state index in [0.29, 0.717) is 6.04 Å². The van der Waals surface area contributed by atoms with Crippen molar-refractivity contribution >= 4 is 11.5 Å². The van der Waals surface area contributed by atoms with E-state index in [1.165, 1.54) is 31.9 Å². The molecule has 106 valence electrons. The maximum atomic E-state index is 10.6. The van der Waals surface area contributed by atoms with Gasteiger partial charge in [-0.3, -0.25) is 10.1 Å². The molecule has 1 rings (SSSR count). The maximum Gasteiger partial charge on any atom is 0.287 e. The first-order valence-corrected chi connectivity index (χ1v) is 6.92. The number of hydrogen-bond acceptors (Lipinski definition) is 4. The van der Waals surface area contributed by atoms with E-state index in [2.05, 4.69) is 24.1 Å². The minimum atomic E-state index is -0.419. The van der Waals surface area contributed by atoms with Crippen LogP contribution in [0, 0.1) is 17.0 Å². The Bertz CT molecular complexity index is 421. The largest absolute Gasteiger partial charge is 0.367 e. The van der Waals surface area contributed by atoms with Gasteiger partial charge in [-0.15, -0.1) is 0 Å². The van der Waals surface area contributed by atoms with E-state index in [1.807, 2.05) is 6.92 Å². The van der Waals surface area contributed by atoms with Crippen LogP contribution in [0.5, 0.6) is 0 Å². The zero-order valence-electron chi connectivity index (χ0n) is 12.0. The molecule has 0 fully saturated rings. The molecular weight excluding hydrogens is 242 g/mol.